The molecule has 13 aliphatic carbocycles. The SMILES string of the molecule is C=C(C)C(=O)OC(C)(C)C.C=C(C)C(=O)OC(C)(C)C12CC3CC(CC(C3)C1)C2.C=C(C)C(=O)OC1(CC)C2CC3CC(C2)CC1C3.C=C(C)C(=O)OC1(CC)CC2CC1C1C3CCC(C3)C21.C=C(C)C(=O)OC1(CC)CCCC1. The number of carbonyl (C=O) groups is 5. The van der Waals surface area contributed by atoms with Gasteiger partial charge in [-0.3, -0.25) is 0 Å². The highest BCUT2D eigenvalue weighted by molar-refractivity contribution is 5.89. The summed E-state index contributed by atoms with van der Waals surface area (Å²) in [7, 11) is 0. The fourth-order valence-corrected chi connectivity index (χ4v) is 19.1. The standard InChI is InChI=1S/C18H26O2.C17H26O2.C16H24O2.C11H18O2.C8H14O2/c1-4-18(20-17(19)10(2)3)9-13-8-14(18)16-12-6-5-11(7-12)15(13)16;1-11(2)15(18)19-16(3,4)17-8-12-5-13(9-17)7-14(6-12)10-17;1-4-16(18-15(17)10(2)3)13-6-11-5-12(8-13)9-14(16)7-11;1-4-11(7-5-6-8-11)13-10(12)9(2)3;1-6(2)7(9)10-8(3,4)5/h11-16H,2,4-9H2,1,3H3;12-14H,1,5-10H2,2-4H3;11-14H,2,4-9H2,1,3H3;2,4-8H2,1,3H3;1H2,2-5H3. The van der Waals surface area contributed by atoms with Gasteiger partial charge in [0.2, 0.25) is 0 Å². The lowest BCUT2D eigenvalue weighted by atomic mass is 9.46. The molecule has 448 valence electrons. The molecule has 0 saturated heterocycles. The summed E-state index contributed by atoms with van der Waals surface area (Å²) in [6.45, 7) is 43.0. The Bertz CT molecular complexity index is 2310. The third-order valence-corrected chi connectivity index (χ3v) is 22.4. The van der Waals surface area contributed by atoms with Crippen molar-refractivity contribution in [3.8, 4) is 0 Å². The van der Waals surface area contributed by atoms with Crippen molar-refractivity contribution in [1.82, 2.24) is 0 Å². The third kappa shape index (κ3) is 13.5. The Balaban J connectivity index is 0.000000148. The van der Waals surface area contributed by atoms with E-state index < -0.39 is 5.60 Å². The van der Waals surface area contributed by atoms with Gasteiger partial charge in [0.1, 0.15) is 28.0 Å². The van der Waals surface area contributed by atoms with Gasteiger partial charge < -0.3 is 23.7 Å². The second kappa shape index (κ2) is 24.7. The Morgan fingerprint density at radius 2 is 0.875 bits per heavy atom. The molecule has 0 aromatic carbocycles. The molecular weight excluding hydrogens is 1000 g/mol. The maximum absolute atomic E-state index is 12.1. The van der Waals surface area contributed by atoms with E-state index in [2.05, 4.69) is 67.5 Å². The summed E-state index contributed by atoms with van der Waals surface area (Å²) in [5, 5.41) is 0. The predicted molar refractivity (Wildman–Crippen MR) is 318 cm³/mol. The van der Waals surface area contributed by atoms with Crippen LogP contribution in [0.3, 0.4) is 0 Å². The van der Waals surface area contributed by atoms with Crippen molar-refractivity contribution in [3.63, 3.8) is 0 Å². The molecule has 0 aliphatic heterocycles. The van der Waals surface area contributed by atoms with E-state index in [-0.39, 0.29) is 57.7 Å². The maximum Gasteiger partial charge on any atom is 0.333 e. The van der Waals surface area contributed by atoms with Crippen LogP contribution in [0.2, 0.25) is 0 Å². The number of hydrogen-bond donors (Lipinski definition) is 0. The fourth-order valence-electron chi connectivity index (χ4n) is 19.1. The molecule has 0 heterocycles. The van der Waals surface area contributed by atoms with E-state index in [1.54, 1.807) is 34.6 Å². The molecule has 0 amide bonds. The molecule has 0 aromatic rings. The summed E-state index contributed by atoms with van der Waals surface area (Å²) in [4.78, 5) is 58.2. The first kappa shape index (κ1) is 63.6. The summed E-state index contributed by atoms with van der Waals surface area (Å²) in [6.07, 6.45) is 28.7. The van der Waals surface area contributed by atoms with E-state index >= 15 is 0 Å². The summed E-state index contributed by atoms with van der Waals surface area (Å²) in [6, 6.07) is 0. The lowest BCUT2D eigenvalue weighted by Crippen LogP contribution is -2.59. The molecule has 13 rings (SSSR count). The van der Waals surface area contributed by atoms with Gasteiger partial charge in [-0.1, -0.05) is 53.7 Å². The number of esters is 5. The highest BCUT2D eigenvalue weighted by atomic mass is 16.6. The van der Waals surface area contributed by atoms with Crippen LogP contribution >= 0.6 is 0 Å². The van der Waals surface area contributed by atoms with Crippen molar-refractivity contribution < 1.29 is 47.7 Å². The van der Waals surface area contributed by atoms with Gasteiger partial charge >= 0.3 is 29.8 Å². The van der Waals surface area contributed by atoms with Crippen molar-refractivity contribution in [2.24, 2.45) is 82.3 Å². The topological polar surface area (TPSA) is 132 Å². The zero-order valence-corrected chi connectivity index (χ0v) is 52.4. The van der Waals surface area contributed by atoms with Gasteiger partial charge in [-0.05, 0) is 288 Å². The zero-order valence-electron chi connectivity index (χ0n) is 52.4. The van der Waals surface area contributed by atoms with Crippen LogP contribution in [0.5, 0.6) is 0 Å². The van der Waals surface area contributed by atoms with Gasteiger partial charge in [0.25, 0.3) is 0 Å². The van der Waals surface area contributed by atoms with Gasteiger partial charge in [0, 0.05) is 39.2 Å². The van der Waals surface area contributed by atoms with Crippen molar-refractivity contribution in [3.05, 3.63) is 60.8 Å². The summed E-state index contributed by atoms with van der Waals surface area (Å²) in [5.41, 5.74) is 1.52. The molecule has 13 saturated carbocycles. The molecule has 80 heavy (non-hydrogen) atoms. The van der Waals surface area contributed by atoms with Gasteiger partial charge in [-0.15, -0.1) is 0 Å². The lowest BCUT2D eigenvalue weighted by Gasteiger charge is -2.61. The summed E-state index contributed by atoms with van der Waals surface area (Å²) < 4.78 is 28.3. The minimum absolute atomic E-state index is 0.160. The fraction of sp³-hybridized carbons (Fsp3) is 0.786. The van der Waals surface area contributed by atoms with Crippen LogP contribution in [0.4, 0.5) is 0 Å². The van der Waals surface area contributed by atoms with Crippen LogP contribution in [0.1, 0.15) is 238 Å². The average Bonchev–Trinajstić information content (AvgIpc) is 4.34. The summed E-state index contributed by atoms with van der Waals surface area (Å²) in [5.74, 6) is 9.83. The first-order valence-corrected chi connectivity index (χ1v) is 31.8. The molecule has 7 unspecified atom stereocenters. The Hall–Kier alpha value is -3.95. The number of hydrogen-bond acceptors (Lipinski definition) is 10. The van der Waals surface area contributed by atoms with Gasteiger partial charge in [-0.25, -0.2) is 24.0 Å². The van der Waals surface area contributed by atoms with Crippen LogP contribution in [-0.2, 0) is 47.7 Å². The molecular formula is C70H108O10. The Morgan fingerprint density at radius 3 is 1.29 bits per heavy atom. The van der Waals surface area contributed by atoms with Crippen LogP contribution < -0.4 is 0 Å². The molecule has 10 nitrogen and oxygen atoms in total. The third-order valence-electron chi connectivity index (χ3n) is 22.4. The Kier molecular flexibility index (Phi) is 19.7. The molecule has 13 aliphatic rings. The van der Waals surface area contributed by atoms with Gasteiger partial charge in [0.15, 0.2) is 0 Å². The Morgan fingerprint density at radius 1 is 0.450 bits per heavy atom. The second-order valence-electron chi connectivity index (χ2n) is 29.7. The highest BCUT2D eigenvalue weighted by Crippen LogP contribution is 2.71. The van der Waals surface area contributed by atoms with Gasteiger partial charge in [-0.2, -0.15) is 0 Å². The molecule has 10 heteroatoms. The first-order valence-electron chi connectivity index (χ1n) is 31.8. The van der Waals surface area contributed by atoms with E-state index in [9.17, 15) is 24.0 Å². The smallest absolute Gasteiger partial charge is 0.333 e. The normalized spacial score (nSPS) is 37.1. The molecule has 0 radical (unpaired) electrons. The molecule has 0 spiro atoms. The van der Waals surface area contributed by atoms with Crippen molar-refractivity contribution >= 4 is 29.8 Å². The molecule has 0 N–H and O–H groups in total. The average molecular weight is 1110 g/mol. The van der Waals surface area contributed by atoms with Crippen molar-refractivity contribution in [2.45, 2.75) is 266 Å². The van der Waals surface area contributed by atoms with Crippen molar-refractivity contribution in [2.75, 3.05) is 0 Å². The first-order chi connectivity index (χ1) is 37.3. The van der Waals surface area contributed by atoms with E-state index in [1.165, 1.54) is 109 Å². The lowest BCUT2D eigenvalue weighted by molar-refractivity contribution is -0.207. The number of ether oxygens (including phenoxy) is 5. The van der Waals surface area contributed by atoms with E-state index in [1.807, 2.05) is 20.8 Å². The van der Waals surface area contributed by atoms with E-state index in [0.29, 0.717) is 45.6 Å². The minimum Gasteiger partial charge on any atom is -0.457 e. The minimum atomic E-state index is -0.407. The number of rotatable bonds is 13. The number of fused-ring (bicyclic) bond motifs is 9. The highest BCUT2D eigenvalue weighted by Gasteiger charge is 2.68. The quantitative estimate of drug-likeness (QED) is 0.0760. The van der Waals surface area contributed by atoms with Crippen molar-refractivity contribution in [1.29, 1.82) is 0 Å². The van der Waals surface area contributed by atoms with Crippen LogP contribution in [0, 0.1) is 82.3 Å². The summed E-state index contributed by atoms with van der Waals surface area (Å²) >= 11 is 0. The van der Waals surface area contributed by atoms with E-state index in [0.717, 1.165) is 97.7 Å². The molecule has 13 fully saturated rings. The molecule has 7 atom stereocenters. The maximum atomic E-state index is 12.1. The van der Waals surface area contributed by atoms with E-state index in [4.69, 9.17) is 23.7 Å². The zero-order chi connectivity index (χ0) is 59.1. The van der Waals surface area contributed by atoms with Gasteiger partial charge in [0.05, 0.1) is 0 Å². The van der Waals surface area contributed by atoms with Crippen LogP contribution in [0.25, 0.3) is 0 Å². The largest absolute Gasteiger partial charge is 0.457 e. The number of carbonyl (C=O) groups excluding carboxylic acids is 5. The van der Waals surface area contributed by atoms with Crippen LogP contribution in [0.15, 0.2) is 60.8 Å². The monoisotopic (exact) mass is 1110 g/mol. The van der Waals surface area contributed by atoms with Crippen LogP contribution in [-0.4, -0.2) is 57.9 Å². The Labute approximate surface area is 484 Å². The molecule has 0 aromatic heterocycles. The predicted octanol–water partition coefficient (Wildman–Crippen LogP) is 16.5. The second-order valence-corrected chi connectivity index (χ2v) is 29.7. The molecule has 12 bridgehead atoms.